The van der Waals surface area contributed by atoms with Crippen molar-refractivity contribution in [3.8, 4) is 5.75 Å². The highest BCUT2D eigenvalue weighted by Gasteiger charge is 2.60. The van der Waals surface area contributed by atoms with Gasteiger partial charge in [0.15, 0.2) is 6.10 Å². The van der Waals surface area contributed by atoms with Crippen LogP contribution in [0.25, 0.3) is 0 Å². The summed E-state index contributed by atoms with van der Waals surface area (Å²) < 4.78 is 6.43. The van der Waals surface area contributed by atoms with E-state index in [-0.39, 0.29) is 5.91 Å². The van der Waals surface area contributed by atoms with Crippen molar-refractivity contribution in [2.75, 3.05) is 17.1 Å². The van der Waals surface area contributed by atoms with E-state index < -0.39 is 24.0 Å². The quantitative estimate of drug-likeness (QED) is 0.451. The van der Waals surface area contributed by atoms with E-state index in [1.165, 1.54) is 4.90 Å². The molecule has 0 aromatic heterocycles. The predicted octanol–water partition coefficient (Wildman–Crippen LogP) is 5.16. The van der Waals surface area contributed by atoms with Crippen molar-refractivity contribution in [2.24, 2.45) is 5.92 Å². The first-order valence-corrected chi connectivity index (χ1v) is 11.1. The number of benzene rings is 3. The molecule has 3 aromatic rings. The number of para-hydroxylation sites is 1. The van der Waals surface area contributed by atoms with Gasteiger partial charge in [0.2, 0.25) is 5.91 Å². The van der Waals surface area contributed by atoms with Gasteiger partial charge < -0.3 is 4.74 Å². The lowest BCUT2D eigenvalue weighted by molar-refractivity contribution is -0.126. The van der Waals surface area contributed by atoms with E-state index >= 15 is 0 Å². The summed E-state index contributed by atoms with van der Waals surface area (Å²) in [5, 5.41) is 2.17. The molecule has 162 valence electrons. The molecule has 0 spiro atoms. The third-order valence-corrected chi connectivity index (χ3v) is 6.47. The summed E-state index contributed by atoms with van der Waals surface area (Å²) >= 11 is 9.50. The lowest BCUT2D eigenvalue weighted by Gasteiger charge is -2.29. The van der Waals surface area contributed by atoms with Gasteiger partial charge in [0.1, 0.15) is 11.7 Å². The van der Waals surface area contributed by atoms with Crippen molar-refractivity contribution in [1.82, 2.24) is 0 Å². The molecule has 32 heavy (non-hydrogen) atoms. The molecule has 0 N–H and O–H groups in total. The van der Waals surface area contributed by atoms with Crippen LogP contribution in [0.4, 0.5) is 11.4 Å². The van der Waals surface area contributed by atoms with E-state index in [0.29, 0.717) is 16.5 Å². The van der Waals surface area contributed by atoms with Gasteiger partial charge in [-0.3, -0.25) is 14.4 Å². The van der Waals surface area contributed by atoms with E-state index in [1.807, 2.05) is 48.5 Å². The zero-order chi connectivity index (χ0) is 22.4. The number of halogens is 2. The fourth-order valence-electron chi connectivity index (χ4n) is 4.31. The summed E-state index contributed by atoms with van der Waals surface area (Å²) in [5.41, 5.74) is 1.96. The second kappa shape index (κ2) is 8.24. The topological polar surface area (TPSA) is 59.1 Å². The SMILES string of the molecule is COc1ccc(Br)cc1[C@@H]1[C@@H]2C(=O)N(c3ccc(Cl)cc3)C(=O)[C@@H]2ON1c1ccccc1. The molecular formula is C24H18BrClN2O4. The lowest BCUT2D eigenvalue weighted by atomic mass is 9.90. The molecule has 0 aliphatic carbocycles. The molecule has 2 heterocycles. The molecular weight excluding hydrogens is 496 g/mol. The van der Waals surface area contributed by atoms with E-state index in [1.54, 1.807) is 36.4 Å². The molecule has 2 aliphatic rings. The minimum atomic E-state index is -0.952. The van der Waals surface area contributed by atoms with Gasteiger partial charge in [0.25, 0.3) is 5.91 Å². The van der Waals surface area contributed by atoms with E-state index in [9.17, 15) is 9.59 Å². The largest absolute Gasteiger partial charge is 0.496 e. The number of amides is 2. The Hall–Kier alpha value is -2.87. The van der Waals surface area contributed by atoms with Crippen LogP contribution in [0.3, 0.4) is 0 Å². The monoisotopic (exact) mass is 512 g/mol. The van der Waals surface area contributed by atoms with Crippen LogP contribution in [0.2, 0.25) is 5.02 Å². The number of hydrogen-bond acceptors (Lipinski definition) is 5. The van der Waals surface area contributed by atoms with Crippen molar-refractivity contribution >= 4 is 50.7 Å². The van der Waals surface area contributed by atoms with Gasteiger partial charge in [-0.1, -0.05) is 45.7 Å². The van der Waals surface area contributed by atoms with E-state index in [2.05, 4.69) is 15.9 Å². The molecule has 3 atom stereocenters. The zero-order valence-electron chi connectivity index (χ0n) is 16.9. The summed E-state index contributed by atoms with van der Waals surface area (Å²) in [7, 11) is 1.58. The maximum absolute atomic E-state index is 13.6. The van der Waals surface area contributed by atoms with Crippen LogP contribution in [0, 0.1) is 5.92 Å². The number of carbonyl (C=O) groups is 2. The summed E-state index contributed by atoms with van der Waals surface area (Å²) in [6.07, 6.45) is -0.952. The molecule has 2 amide bonds. The molecule has 2 aliphatic heterocycles. The number of nitrogens with zero attached hydrogens (tertiary/aromatic N) is 2. The molecule has 5 rings (SSSR count). The Labute approximate surface area is 198 Å². The first-order valence-electron chi connectivity index (χ1n) is 9.97. The van der Waals surface area contributed by atoms with Crippen LogP contribution in [0.1, 0.15) is 11.6 Å². The molecule has 0 unspecified atom stereocenters. The average molecular weight is 514 g/mol. The fourth-order valence-corrected chi connectivity index (χ4v) is 4.81. The van der Waals surface area contributed by atoms with Crippen LogP contribution in [-0.2, 0) is 14.4 Å². The van der Waals surface area contributed by atoms with Gasteiger partial charge in [-0.2, -0.15) is 0 Å². The van der Waals surface area contributed by atoms with Crippen LogP contribution in [0.5, 0.6) is 5.75 Å². The minimum Gasteiger partial charge on any atom is -0.496 e. The number of carbonyl (C=O) groups excluding carboxylic acids is 2. The van der Waals surface area contributed by atoms with Crippen LogP contribution in [0.15, 0.2) is 77.3 Å². The molecule has 2 saturated heterocycles. The van der Waals surface area contributed by atoms with Gasteiger partial charge in [-0.15, -0.1) is 0 Å². The van der Waals surface area contributed by atoms with Crippen molar-refractivity contribution in [1.29, 1.82) is 0 Å². The van der Waals surface area contributed by atoms with Crippen molar-refractivity contribution in [3.05, 3.63) is 87.9 Å². The molecule has 2 fully saturated rings. The summed E-state index contributed by atoms with van der Waals surface area (Å²) in [4.78, 5) is 34.3. The number of fused-ring (bicyclic) bond motifs is 1. The minimum absolute atomic E-state index is 0.326. The van der Waals surface area contributed by atoms with E-state index in [4.69, 9.17) is 21.2 Å². The smallest absolute Gasteiger partial charge is 0.266 e. The molecule has 6 nitrogen and oxygen atoms in total. The number of hydroxylamine groups is 1. The Balaban J connectivity index is 1.63. The van der Waals surface area contributed by atoms with Crippen LogP contribution >= 0.6 is 27.5 Å². The Morgan fingerprint density at radius 1 is 0.938 bits per heavy atom. The molecule has 0 bridgehead atoms. The van der Waals surface area contributed by atoms with Crippen LogP contribution < -0.4 is 14.7 Å². The van der Waals surface area contributed by atoms with Gasteiger partial charge in [0.05, 0.1) is 24.5 Å². The number of imide groups is 1. The predicted molar refractivity (Wildman–Crippen MR) is 125 cm³/mol. The number of anilines is 2. The molecule has 0 radical (unpaired) electrons. The number of methoxy groups -OCH3 is 1. The van der Waals surface area contributed by atoms with Gasteiger partial charge in [-0.25, -0.2) is 9.96 Å². The summed E-state index contributed by atoms with van der Waals surface area (Å²) in [6, 6.07) is 21.1. The Morgan fingerprint density at radius 2 is 1.66 bits per heavy atom. The zero-order valence-corrected chi connectivity index (χ0v) is 19.3. The van der Waals surface area contributed by atoms with Gasteiger partial charge >= 0.3 is 0 Å². The van der Waals surface area contributed by atoms with Gasteiger partial charge in [0, 0.05) is 15.1 Å². The first kappa shape index (κ1) is 21.0. The Kier molecular flexibility index (Phi) is 5.41. The highest BCUT2D eigenvalue weighted by molar-refractivity contribution is 9.10. The third-order valence-electron chi connectivity index (χ3n) is 5.72. The first-order chi connectivity index (χ1) is 15.5. The summed E-state index contributed by atoms with van der Waals surface area (Å²) in [6.45, 7) is 0. The molecule has 8 heteroatoms. The number of rotatable bonds is 4. The number of hydrogen-bond donors (Lipinski definition) is 0. The second-order valence-electron chi connectivity index (χ2n) is 7.53. The fraction of sp³-hybridized carbons (Fsp3) is 0.167. The maximum atomic E-state index is 13.6. The molecule has 3 aromatic carbocycles. The highest BCUT2D eigenvalue weighted by Crippen LogP contribution is 2.49. The lowest BCUT2D eigenvalue weighted by Crippen LogP contribution is -2.37. The van der Waals surface area contributed by atoms with Crippen molar-refractivity contribution < 1.29 is 19.2 Å². The maximum Gasteiger partial charge on any atom is 0.266 e. The Morgan fingerprint density at radius 3 is 2.34 bits per heavy atom. The van der Waals surface area contributed by atoms with E-state index in [0.717, 1.165) is 15.7 Å². The normalized spacial score (nSPS) is 22.4. The number of ether oxygens (including phenoxy) is 1. The third kappa shape index (κ3) is 3.37. The molecule has 0 saturated carbocycles. The highest BCUT2D eigenvalue weighted by atomic mass is 79.9. The van der Waals surface area contributed by atoms with Crippen molar-refractivity contribution in [2.45, 2.75) is 12.1 Å². The second-order valence-corrected chi connectivity index (χ2v) is 8.88. The average Bonchev–Trinajstić information content (AvgIpc) is 3.31. The standard InChI is InChI=1S/C24H18BrClN2O4/c1-31-19-12-7-14(25)13-18(19)21-20-22(32-28(21)17-5-3-2-4-6-17)24(30)27(23(20)29)16-10-8-15(26)9-11-16/h2-13,20-22H,1H3/t20-,21+,22+/m0/s1. The van der Waals surface area contributed by atoms with Crippen LogP contribution in [-0.4, -0.2) is 25.0 Å². The summed E-state index contributed by atoms with van der Waals surface area (Å²) in [5.74, 6) is -0.873. The Bertz CT molecular complexity index is 1190. The van der Waals surface area contributed by atoms with Gasteiger partial charge in [-0.05, 0) is 54.6 Å². The van der Waals surface area contributed by atoms with Crippen molar-refractivity contribution in [3.63, 3.8) is 0 Å².